The lowest BCUT2D eigenvalue weighted by Gasteiger charge is -2.36. The summed E-state index contributed by atoms with van der Waals surface area (Å²) in [5, 5.41) is 3.18. The normalized spacial score (nSPS) is 14.9. The van der Waals surface area contributed by atoms with Crippen LogP contribution in [0, 0.1) is 5.82 Å². The highest BCUT2D eigenvalue weighted by molar-refractivity contribution is 6.31. The topological polar surface area (TPSA) is 70.6 Å². The van der Waals surface area contributed by atoms with Crippen molar-refractivity contribution in [2.45, 2.75) is 25.8 Å². The number of hydrogen-bond donors (Lipinski definition) is 1. The van der Waals surface area contributed by atoms with Crippen molar-refractivity contribution in [3.63, 3.8) is 0 Å². The first-order chi connectivity index (χ1) is 14.0. The Bertz CT molecular complexity index is 845. The maximum Gasteiger partial charge on any atom is 0.320 e. The summed E-state index contributed by atoms with van der Waals surface area (Å²) in [6.45, 7) is 4.18. The van der Waals surface area contributed by atoms with Crippen LogP contribution in [-0.4, -0.2) is 60.2 Å². The molecule has 1 aromatic heterocycles. The van der Waals surface area contributed by atoms with Gasteiger partial charge in [-0.1, -0.05) is 11.6 Å². The SMILES string of the molecule is CCOC(=O)CN(C)C1CCN(c2cc(Nc3ccc(F)c(Cl)c3)ncn2)CC1. The van der Waals surface area contributed by atoms with Crippen molar-refractivity contribution in [2.24, 2.45) is 0 Å². The molecule has 7 nitrogen and oxygen atoms in total. The van der Waals surface area contributed by atoms with Crippen molar-refractivity contribution in [1.82, 2.24) is 14.9 Å². The Hall–Kier alpha value is -2.45. The molecule has 0 bridgehead atoms. The highest BCUT2D eigenvalue weighted by Gasteiger charge is 2.24. The summed E-state index contributed by atoms with van der Waals surface area (Å²) < 4.78 is 18.3. The van der Waals surface area contributed by atoms with Gasteiger partial charge in [-0.2, -0.15) is 0 Å². The van der Waals surface area contributed by atoms with Gasteiger partial charge in [-0.15, -0.1) is 0 Å². The van der Waals surface area contributed by atoms with Crippen LogP contribution in [0.4, 0.5) is 21.7 Å². The van der Waals surface area contributed by atoms with Gasteiger partial charge in [0.15, 0.2) is 0 Å². The van der Waals surface area contributed by atoms with E-state index in [0.717, 1.165) is 31.7 Å². The van der Waals surface area contributed by atoms with Gasteiger partial charge >= 0.3 is 5.97 Å². The molecule has 1 fully saturated rings. The van der Waals surface area contributed by atoms with E-state index in [0.29, 0.717) is 30.7 Å². The fourth-order valence-corrected chi connectivity index (χ4v) is 3.57. The first-order valence-electron chi connectivity index (χ1n) is 9.61. The summed E-state index contributed by atoms with van der Waals surface area (Å²) in [7, 11) is 1.96. The number of halogens is 2. The molecule has 1 N–H and O–H groups in total. The van der Waals surface area contributed by atoms with Gasteiger partial charge in [-0.05, 0) is 45.0 Å². The predicted molar refractivity (Wildman–Crippen MR) is 111 cm³/mol. The largest absolute Gasteiger partial charge is 0.465 e. The van der Waals surface area contributed by atoms with Crippen LogP contribution in [0.3, 0.4) is 0 Å². The molecule has 1 aromatic carbocycles. The molecule has 0 amide bonds. The summed E-state index contributed by atoms with van der Waals surface area (Å²) >= 11 is 5.83. The second-order valence-electron chi connectivity index (χ2n) is 6.95. The van der Waals surface area contributed by atoms with Crippen molar-refractivity contribution in [2.75, 3.05) is 43.5 Å². The lowest BCUT2D eigenvalue weighted by Crippen LogP contribution is -2.45. The number of likely N-dealkylation sites (N-methyl/N-ethyl adjacent to an activating group) is 1. The molecule has 0 saturated carbocycles. The van der Waals surface area contributed by atoms with E-state index in [2.05, 4.69) is 25.1 Å². The van der Waals surface area contributed by atoms with Crippen molar-refractivity contribution in [1.29, 1.82) is 0 Å². The minimum atomic E-state index is -0.462. The van der Waals surface area contributed by atoms with Gasteiger partial charge in [0.2, 0.25) is 0 Å². The number of nitrogens with zero attached hydrogens (tertiary/aromatic N) is 4. The van der Waals surface area contributed by atoms with Crippen LogP contribution in [0.25, 0.3) is 0 Å². The highest BCUT2D eigenvalue weighted by Crippen LogP contribution is 2.25. The van der Waals surface area contributed by atoms with Crippen LogP contribution in [0.2, 0.25) is 5.02 Å². The molecular weight excluding hydrogens is 397 g/mol. The summed E-state index contributed by atoms with van der Waals surface area (Å²) in [5.74, 6) is 0.780. The minimum absolute atomic E-state index is 0.0540. The second-order valence-corrected chi connectivity index (χ2v) is 7.36. The molecule has 29 heavy (non-hydrogen) atoms. The van der Waals surface area contributed by atoms with Crippen LogP contribution >= 0.6 is 11.6 Å². The molecule has 3 rings (SSSR count). The molecule has 1 aliphatic rings. The number of ether oxygens (including phenoxy) is 1. The highest BCUT2D eigenvalue weighted by atomic mass is 35.5. The van der Waals surface area contributed by atoms with Gasteiger partial charge in [0, 0.05) is 30.9 Å². The van der Waals surface area contributed by atoms with Crippen molar-refractivity contribution in [3.05, 3.63) is 41.4 Å². The zero-order valence-corrected chi connectivity index (χ0v) is 17.3. The number of carbonyl (C=O) groups is 1. The van der Waals surface area contributed by atoms with E-state index in [1.807, 2.05) is 20.0 Å². The number of benzene rings is 1. The molecule has 156 valence electrons. The maximum absolute atomic E-state index is 13.3. The van der Waals surface area contributed by atoms with E-state index in [-0.39, 0.29) is 11.0 Å². The summed E-state index contributed by atoms with van der Waals surface area (Å²) in [6.07, 6.45) is 3.36. The minimum Gasteiger partial charge on any atom is -0.465 e. The van der Waals surface area contributed by atoms with Crippen molar-refractivity contribution >= 4 is 34.9 Å². The summed E-state index contributed by atoms with van der Waals surface area (Å²) in [6, 6.07) is 6.62. The first-order valence-corrected chi connectivity index (χ1v) is 9.99. The zero-order chi connectivity index (χ0) is 20.8. The third-order valence-electron chi connectivity index (χ3n) is 4.94. The Balaban J connectivity index is 1.57. The number of aromatic nitrogens is 2. The number of esters is 1. The van der Waals surface area contributed by atoms with Gasteiger partial charge in [0.1, 0.15) is 23.8 Å². The number of nitrogens with one attached hydrogen (secondary N) is 1. The number of hydrogen-bond acceptors (Lipinski definition) is 7. The Morgan fingerprint density at radius 2 is 2.10 bits per heavy atom. The molecule has 2 heterocycles. The molecule has 9 heteroatoms. The maximum atomic E-state index is 13.3. The molecule has 2 aromatic rings. The van der Waals surface area contributed by atoms with E-state index in [1.165, 1.54) is 18.5 Å². The van der Waals surface area contributed by atoms with Gasteiger partial charge in [0.25, 0.3) is 0 Å². The molecule has 1 aliphatic heterocycles. The smallest absolute Gasteiger partial charge is 0.320 e. The zero-order valence-electron chi connectivity index (χ0n) is 16.6. The van der Waals surface area contributed by atoms with Gasteiger partial charge < -0.3 is 15.0 Å². The van der Waals surface area contributed by atoms with Gasteiger partial charge in [0.05, 0.1) is 18.2 Å². The number of rotatable bonds is 7. The Morgan fingerprint density at radius 3 is 2.79 bits per heavy atom. The number of piperidine rings is 1. The van der Waals surface area contributed by atoms with E-state index in [1.54, 1.807) is 6.07 Å². The van der Waals surface area contributed by atoms with Crippen molar-refractivity contribution < 1.29 is 13.9 Å². The molecule has 0 unspecified atom stereocenters. The fraction of sp³-hybridized carbons (Fsp3) is 0.450. The van der Waals surface area contributed by atoms with E-state index < -0.39 is 5.82 Å². The lowest BCUT2D eigenvalue weighted by molar-refractivity contribution is -0.144. The van der Waals surface area contributed by atoms with Crippen LogP contribution in [-0.2, 0) is 9.53 Å². The van der Waals surface area contributed by atoms with Gasteiger partial charge in [-0.25, -0.2) is 14.4 Å². The van der Waals surface area contributed by atoms with Crippen LogP contribution in [0.1, 0.15) is 19.8 Å². The predicted octanol–water partition coefficient (Wildman–Crippen LogP) is 3.48. The third-order valence-corrected chi connectivity index (χ3v) is 5.23. The molecule has 0 aliphatic carbocycles. The van der Waals surface area contributed by atoms with E-state index >= 15 is 0 Å². The Labute approximate surface area is 174 Å². The molecule has 0 radical (unpaired) electrons. The number of anilines is 3. The van der Waals surface area contributed by atoms with E-state index in [9.17, 15) is 9.18 Å². The summed E-state index contributed by atoms with van der Waals surface area (Å²) in [5.41, 5.74) is 0.653. The average Bonchev–Trinajstić information content (AvgIpc) is 2.71. The summed E-state index contributed by atoms with van der Waals surface area (Å²) in [4.78, 5) is 24.5. The van der Waals surface area contributed by atoms with Gasteiger partial charge in [-0.3, -0.25) is 9.69 Å². The first kappa shape index (κ1) is 21.3. The third kappa shape index (κ3) is 5.77. The lowest BCUT2D eigenvalue weighted by atomic mass is 10.0. The Morgan fingerprint density at radius 1 is 1.34 bits per heavy atom. The fourth-order valence-electron chi connectivity index (χ4n) is 3.39. The number of carbonyl (C=O) groups excluding carboxylic acids is 1. The molecule has 0 atom stereocenters. The van der Waals surface area contributed by atoms with Crippen LogP contribution in [0.5, 0.6) is 0 Å². The standard InChI is InChI=1S/C20H25ClFN5O2/c1-3-29-20(28)12-26(2)15-6-8-27(9-7-15)19-11-18(23-13-24-19)25-14-4-5-17(22)16(21)10-14/h4-5,10-11,13,15H,3,6-9,12H2,1-2H3,(H,23,24,25). The average molecular weight is 422 g/mol. The Kier molecular flexibility index (Phi) is 7.22. The monoisotopic (exact) mass is 421 g/mol. The quantitative estimate of drug-likeness (QED) is 0.686. The molecule has 1 saturated heterocycles. The molecular formula is C20H25ClFN5O2. The van der Waals surface area contributed by atoms with E-state index in [4.69, 9.17) is 16.3 Å². The second kappa shape index (κ2) is 9.84. The molecule has 0 spiro atoms. The van der Waals surface area contributed by atoms with Crippen LogP contribution in [0.15, 0.2) is 30.6 Å². The van der Waals surface area contributed by atoms with Crippen molar-refractivity contribution in [3.8, 4) is 0 Å². The van der Waals surface area contributed by atoms with Crippen LogP contribution < -0.4 is 10.2 Å².